The molecule has 1 atom stereocenters. The van der Waals surface area contributed by atoms with Crippen molar-refractivity contribution in [2.24, 2.45) is 5.92 Å². The number of nitrogens with zero attached hydrogens (tertiary/aromatic N) is 1. The number of hydrogen-bond acceptors (Lipinski definition) is 3. The number of anilines is 1. The summed E-state index contributed by atoms with van der Waals surface area (Å²) in [5.41, 5.74) is 2.23. The maximum absolute atomic E-state index is 12.5. The third-order valence-corrected chi connectivity index (χ3v) is 5.79. The van der Waals surface area contributed by atoms with E-state index in [1.807, 2.05) is 13.0 Å². The fourth-order valence-corrected chi connectivity index (χ4v) is 4.26. The molecule has 0 fully saturated rings. The Morgan fingerprint density at radius 3 is 2.60 bits per heavy atom. The molecule has 0 aliphatic carbocycles. The summed E-state index contributed by atoms with van der Waals surface area (Å²) in [7, 11) is -3.28. The zero-order chi connectivity index (χ0) is 18.6. The molecule has 0 aromatic heterocycles. The number of aryl methyl sites for hydroxylation is 1. The van der Waals surface area contributed by atoms with E-state index in [0.717, 1.165) is 31.2 Å². The minimum Gasteiger partial charge on any atom is -0.350 e. The Morgan fingerprint density at radius 1 is 1.24 bits per heavy atom. The molecule has 0 bridgehead atoms. The molecular formula is C19H30N2O3S. The molecule has 140 valence electrons. The molecule has 1 aliphatic heterocycles. The van der Waals surface area contributed by atoms with Gasteiger partial charge in [-0.05, 0) is 55.9 Å². The van der Waals surface area contributed by atoms with E-state index in [2.05, 4.69) is 19.2 Å². The van der Waals surface area contributed by atoms with Crippen LogP contribution in [0.1, 0.15) is 62.4 Å². The van der Waals surface area contributed by atoms with Gasteiger partial charge in [0.25, 0.3) is 5.91 Å². The highest BCUT2D eigenvalue weighted by atomic mass is 32.2. The van der Waals surface area contributed by atoms with Gasteiger partial charge in [0.15, 0.2) is 0 Å². The summed E-state index contributed by atoms with van der Waals surface area (Å²) in [5.74, 6) is 0.595. The maximum atomic E-state index is 12.5. The van der Waals surface area contributed by atoms with Crippen molar-refractivity contribution >= 4 is 21.6 Å². The number of hydrogen-bond donors (Lipinski definition) is 1. The fraction of sp³-hybridized carbons (Fsp3) is 0.632. The maximum Gasteiger partial charge on any atom is 0.251 e. The SMILES string of the molecule is CC(C)CCCC(C)NC(=O)c1ccc2c(c1)CCCN2S(C)(=O)=O. The van der Waals surface area contributed by atoms with Gasteiger partial charge in [-0.25, -0.2) is 8.42 Å². The molecule has 6 heteroatoms. The second kappa shape index (κ2) is 8.21. The molecule has 1 aromatic rings. The van der Waals surface area contributed by atoms with Crippen molar-refractivity contribution < 1.29 is 13.2 Å². The number of nitrogens with one attached hydrogen (secondary N) is 1. The van der Waals surface area contributed by atoms with E-state index in [1.54, 1.807) is 12.1 Å². The molecule has 1 aliphatic rings. The normalized spacial score (nSPS) is 15.8. The van der Waals surface area contributed by atoms with Crippen LogP contribution in [0.2, 0.25) is 0 Å². The number of rotatable bonds is 7. The smallest absolute Gasteiger partial charge is 0.251 e. The van der Waals surface area contributed by atoms with Gasteiger partial charge < -0.3 is 5.32 Å². The summed E-state index contributed by atoms with van der Waals surface area (Å²) in [6.07, 6.45) is 6.04. The molecule has 1 unspecified atom stereocenters. The molecule has 0 saturated heterocycles. The van der Waals surface area contributed by atoms with Crippen molar-refractivity contribution in [2.75, 3.05) is 17.1 Å². The molecule has 1 aromatic carbocycles. The largest absolute Gasteiger partial charge is 0.350 e. The van der Waals surface area contributed by atoms with Gasteiger partial charge in [-0.15, -0.1) is 0 Å². The number of carbonyl (C=O) groups excluding carboxylic acids is 1. The second-order valence-electron chi connectivity index (χ2n) is 7.48. The molecule has 25 heavy (non-hydrogen) atoms. The number of carbonyl (C=O) groups is 1. The van der Waals surface area contributed by atoms with Crippen LogP contribution in [0.25, 0.3) is 0 Å². The minimum atomic E-state index is -3.28. The lowest BCUT2D eigenvalue weighted by Crippen LogP contribution is -2.35. The summed E-state index contributed by atoms with van der Waals surface area (Å²) in [6.45, 7) is 6.94. The van der Waals surface area contributed by atoms with Gasteiger partial charge in [0.05, 0.1) is 11.9 Å². The number of fused-ring (bicyclic) bond motifs is 1. The first kappa shape index (κ1) is 19.8. The Kier molecular flexibility index (Phi) is 6.49. The first-order valence-electron chi connectivity index (χ1n) is 9.10. The zero-order valence-corrected chi connectivity index (χ0v) is 16.5. The predicted molar refractivity (Wildman–Crippen MR) is 103 cm³/mol. The Labute approximate surface area is 151 Å². The highest BCUT2D eigenvalue weighted by molar-refractivity contribution is 7.92. The average Bonchev–Trinajstić information content (AvgIpc) is 2.52. The van der Waals surface area contributed by atoms with Crippen LogP contribution >= 0.6 is 0 Å². The summed E-state index contributed by atoms with van der Waals surface area (Å²) in [5, 5.41) is 3.05. The quantitative estimate of drug-likeness (QED) is 0.805. The highest BCUT2D eigenvalue weighted by Gasteiger charge is 2.24. The average molecular weight is 367 g/mol. The van der Waals surface area contributed by atoms with Crippen molar-refractivity contribution in [2.45, 2.75) is 58.9 Å². The van der Waals surface area contributed by atoms with E-state index < -0.39 is 10.0 Å². The molecule has 5 nitrogen and oxygen atoms in total. The third kappa shape index (κ3) is 5.46. The topological polar surface area (TPSA) is 66.5 Å². The van der Waals surface area contributed by atoms with Crippen LogP contribution in [0.4, 0.5) is 5.69 Å². The summed E-state index contributed by atoms with van der Waals surface area (Å²) in [4.78, 5) is 12.5. The van der Waals surface area contributed by atoms with Crippen LogP contribution < -0.4 is 9.62 Å². The van der Waals surface area contributed by atoms with E-state index in [9.17, 15) is 13.2 Å². The van der Waals surface area contributed by atoms with Crippen LogP contribution in [-0.2, 0) is 16.4 Å². The van der Waals surface area contributed by atoms with Crippen LogP contribution in [0.3, 0.4) is 0 Å². The minimum absolute atomic E-state index is 0.0867. The summed E-state index contributed by atoms with van der Waals surface area (Å²) < 4.78 is 25.2. The Bertz CT molecular complexity index is 713. The zero-order valence-electron chi connectivity index (χ0n) is 15.7. The Hall–Kier alpha value is -1.56. The molecule has 1 heterocycles. The molecule has 0 spiro atoms. The van der Waals surface area contributed by atoms with Gasteiger partial charge in [-0.3, -0.25) is 9.10 Å². The van der Waals surface area contributed by atoms with Gasteiger partial charge >= 0.3 is 0 Å². The van der Waals surface area contributed by atoms with Crippen molar-refractivity contribution in [3.8, 4) is 0 Å². The van der Waals surface area contributed by atoms with E-state index in [0.29, 0.717) is 23.7 Å². The fourth-order valence-electron chi connectivity index (χ4n) is 3.26. The van der Waals surface area contributed by atoms with Crippen molar-refractivity contribution in [1.82, 2.24) is 5.32 Å². The lowest BCUT2D eigenvalue weighted by molar-refractivity contribution is 0.0937. The molecule has 0 saturated carbocycles. The van der Waals surface area contributed by atoms with Gasteiger partial charge in [-0.1, -0.05) is 26.7 Å². The first-order valence-corrected chi connectivity index (χ1v) is 10.9. The van der Waals surface area contributed by atoms with Crippen molar-refractivity contribution in [1.29, 1.82) is 0 Å². The highest BCUT2D eigenvalue weighted by Crippen LogP contribution is 2.29. The lowest BCUT2D eigenvalue weighted by atomic mass is 10.00. The Morgan fingerprint density at radius 2 is 1.96 bits per heavy atom. The van der Waals surface area contributed by atoms with E-state index >= 15 is 0 Å². The van der Waals surface area contributed by atoms with Gasteiger partial charge in [0, 0.05) is 18.2 Å². The number of amides is 1. The second-order valence-corrected chi connectivity index (χ2v) is 9.39. The third-order valence-electron chi connectivity index (χ3n) is 4.61. The number of sulfonamides is 1. The van der Waals surface area contributed by atoms with E-state index in [1.165, 1.54) is 17.0 Å². The first-order chi connectivity index (χ1) is 11.7. The molecule has 0 radical (unpaired) electrons. The molecule has 1 amide bonds. The van der Waals surface area contributed by atoms with Gasteiger partial charge in [-0.2, -0.15) is 0 Å². The Balaban J connectivity index is 2.05. The van der Waals surface area contributed by atoms with Crippen LogP contribution in [0, 0.1) is 5.92 Å². The lowest BCUT2D eigenvalue weighted by Gasteiger charge is -2.29. The van der Waals surface area contributed by atoms with Crippen LogP contribution in [-0.4, -0.2) is 33.2 Å². The predicted octanol–water partition coefficient (Wildman–Crippen LogP) is 3.34. The van der Waals surface area contributed by atoms with Crippen molar-refractivity contribution in [3.63, 3.8) is 0 Å². The van der Waals surface area contributed by atoms with E-state index in [-0.39, 0.29) is 11.9 Å². The molecule has 1 N–H and O–H groups in total. The monoisotopic (exact) mass is 366 g/mol. The molecule has 2 rings (SSSR count). The number of benzene rings is 1. The summed E-state index contributed by atoms with van der Waals surface area (Å²) >= 11 is 0. The van der Waals surface area contributed by atoms with Gasteiger partial charge in [0.2, 0.25) is 10.0 Å². The van der Waals surface area contributed by atoms with E-state index in [4.69, 9.17) is 0 Å². The van der Waals surface area contributed by atoms with Gasteiger partial charge in [0.1, 0.15) is 0 Å². The van der Waals surface area contributed by atoms with Crippen LogP contribution in [0.5, 0.6) is 0 Å². The summed E-state index contributed by atoms with van der Waals surface area (Å²) in [6, 6.07) is 5.45. The van der Waals surface area contributed by atoms with Crippen LogP contribution in [0.15, 0.2) is 18.2 Å². The standard InChI is InChI=1S/C19H30N2O3S/c1-14(2)7-5-8-15(3)20-19(22)17-10-11-18-16(13-17)9-6-12-21(18)25(4,23)24/h10-11,13-15H,5-9,12H2,1-4H3,(H,20,22). The van der Waals surface area contributed by atoms with Crippen molar-refractivity contribution in [3.05, 3.63) is 29.3 Å². The molecular weight excluding hydrogens is 336 g/mol.